The lowest BCUT2D eigenvalue weighted by molar-refractivity contribution is 0.148. The summed E-state index contributed by atoms with van der Waals surface area (Å²) in [5.74, 6) is 0.822. The van der Waals surface area contributed by atoms with Gasteiger partial charge in [-0.25, -0.2) is 23.3 Å². The Kier molecular flexibility index (Phi) is 2.91. The zero-order valence-electron chi connectivity index (χ0n) is 9.56. The number of alkyl halides is 2. The van der Waals surface area contributed by atoms with E-state index in [1.807, 2.05) is 13.8 Å². The number of aromatic nitrogens is 4. The predicted molar refractivity (Wildman–Crippen MR) is 58.7 cm³/mol. The summed E-state index contributed by atoms with van der Waals surface area (Å²) in [4.78, 5) is 7.64. The van der Waals surface area contributed by atoms with Gasteiger partial charge in [0.25, 0.3) is 6.43 Å². The van der Waals surface area contributed by atoms with Gasteiger partial charge in [0, 0.05) is 6.42 Å². The number of hydrogen-bond acceptors (Lipinski definition) is 4. The highest BCUT2D eigenvalue weighted by Crippen LogP contribution is 2.24. The number of rotatable bonds is 3. The van der Waals surface area contributed by atoms with Crippen molar-refractivity contribution in [1.82, 2.24) is 19.6 Å². The molecule has 2 heterocycles. The highest BCUT2D eigenvalue weighted by Gasteiger charge is 2.20. The molecule has 0 fully saturated rings. The number of hydrogen-bond donors (Lipinski definition) is 1. The van der Waals surface area contributed by atoms with E-state index < -0.39 is 6.43 Å². The largest absolute Gasteiger partial charge is 0.367 e. The fraction of sp³-hybridized carbons (Fsp3) is 0.500. The quantitative estimate of drug-likeness (QED) is 0.890. The van der Waals surface area contributed by atoms with Crippen LogP contribution < -0.4 is 5.73 Å². The van der Waals surface area contributed by atoms with Gasteiger partial charge in [0.2, 0.25) is 5.95 Å². The third-order valence-electron chi connectivity index (χ3n) is 2.30. The van der Waals surface area contributed by atoms with Crippen LogP contribution in [0.5, 0.6) is 0 Å². The molecule has 0 spiro atoms. The molecule has 2 aromatic rings. The van der Waals surface area contributed by atoms with Crippen molar-refractivity contribution in [3.63, 3.8) is 0 Å². The van der Waals surface area contributed by atoms with Crippen LogP contribution >= 0.6 is 0 Å². The molecule has 92 valence electrons. The molecular weight excluding hydrogens is 228 g/mol. The van der Waals surface area contributed by atoms with Gasteiger partial charge in [-0.2, -0.15) is 0 Å². The summed E-state index contributed by atoms with van der Waals surface area (Å²) in [6.45, 7) is 3.96. The minimum atomic E-state index is -2.64. The molecule has 0 saturated carbocycles. The first-order valence-corrected chi connectivity index (χ1v) is 5.27. The van der Waals surface area contributed by atoms with Gasteiger partial charge in [0.1, 0.15) is 17.0 Å². The van der Waals surface area contributed by atoms with Crippen molar-refractivity contribution in [1.29, 1.82) is 0 Å². The zero-order chi connectivity index (χ0) is 12.6. The van der Waals surface area contributed by atoms with E-state index in [9.17, 15) is 8.78 Å². The van der Waals surface area contributed by atoms with Gasteiger partial charge in [-0.1, -0.05) is 13.8 Å². The second-order valence-corrected chi connectivity index (χ2v) is 4.23. The van der Waals surface area contributed by atoms with Crippen molar-refractivity contribution in [2.24, 2.45) is 5.92 Å². The first kappa shape index (κ1) is 11.7. The Morgan fingerprint density at radius 3 is 2.71 bits per heavy atom. The van der Waals surface area contributed by atoms with Gasteiger partial charge < -0.3 is 5.73 Å². The third-order valence-corrected chi connectivity index (χ3v) is 2.30. The zero-order valence-corrected chi connectivity index (χ0v) is 9.56. The Morgan fingerprint density at radius 2 is 2.12 bits per heavy atom. The Balaban J connectivity index is 2.62. The third kappa shape index (κ3) is 2.17. The number of fused-ring (bicyclic) bond motifs is 1. The first-order chi connectivity index (χ1) is 7.99. The molecule has 0 amide bonds. The van der Waals surface area contributed by atoms with Crippen LogP contribution in [0.2, 0.25) is 0 Å². The highest BCUT2D eigenvalue weighted by molar-refractivity contribution is 5.52. The van der Waals surface area contributed by atoms with Crippen molar-refractivity contribution >= 4 is 11.5 Å². The molecule has 17 heavy (non-hydrogen) atoms. The highest BCUT2D eigenvalue weighted by atomic mass is 19.3. The Bertz CT molecular complexity index is 535. The number of nitrogens with two attached hydrogens (primary N) is 1. The van der Waals surface area contributed by atoms with E-state index in [0.29, 0.717) is 18.2 Å². The van der Waals surface area contributed by atoms with Crippen LogP contribution in [0.4, 0.5) is 14.7 Å². The fourth-order valence-electron chi connectivity index (χ4n) is 1.64. The van der Waals surface area contributed by atoms with E-state index in [1.54, 1.807) is 0 Å². The summed E-state index contributed by atoms with van der Waals surface area (Å²) in [5, 5.41) is 3.92. The molecule has 5 nitrogen and oxygen atoms in total. The van der Waals surface area contributed by atoms with Crippen molar-refractivity contribution in [3.8, 4) is 0 Å². The van der Waals surface area contributed by atoms with Crippen LogP contribution in [-0.2, 0) is 6.42 Å². The molecule has 0 aliphatic rings. The molecular formula is C10H13F2N5. The smallest absolute Gasteiger partial charge is 0.282 e. The average molecular weight is 241 g/mol. The molecule has 2 N–H and O–H groups in total. The summed E-state index contributed by atoms with van der Waals surface area (Å²) in [6.07, 6.45) is -0.802. The molecule has 0 unspecified atom stereocenters. The van der Waals surface area contributed by atoms with Crippen molar-refractivity contribution in [2.45, 2.75) is 26.7 Å². The molecule has 0 saturated heterocycles. The average Bonchev–Trinajstić information content (AvgIpc) is 2.56. The number of nitrogens with zero attached hydrogens (tertiary/aromatic N) is 4. The van der Waals surface area contributed by atoms with E-state index in [1.165, 1.54) is 10.7 Å². The minimum Gasteiger partial charge on any atom is -0.367 e. The molecule has 0 aliphatic heterocycles. The van der Waals surface area contributed by atoms with Gasteiger partial charge in [-0.15, -0.1) is 5.10 Å². The maximum atomic E-state index is 12.8. The number of imidazole rings is 1. The normalized spacial score (nSPS) is 11.9. The van der Waals surface area contributed by atoms with Crippen molar-refractivity contribution in [2.75, 3.05) is 5.73 Å². The van der Waals surface area contributed by atoms with E-state index in [4.69, 9.17) is 5.73 Å². The summed E-state index contributed by atoms with van der Waals surface area (Å²) >= 11 is 0. The predicted octanol–water partition coefficient (Wildman–Crippen LogP) is 1.84. The second-order valence-electron chi connectivity index (χ2n) is 4.23. The lowest BCUT2D eigenvalue weighted by Gasteiger charge is -2.02. The monoisotopic (exact) mass is 241 g/mol. The summed E-state index contributed by atoms with van der Waals surface area (Å²) in [7, 11) is 0. The van der Waals surface area contributed by atoms with E-state index in [0.717, 1.165) is 0 Å². The number of anilines is 1. The Morgan fingerprint density at radius 1 is 1.41 bits per heavy atom. The van der Waals surface area contributed by atoms with Crippen LogP contribution in [-0.4, -0.2) is 19.6 Å². The van der Waals surface area contributed by atoms with Crippen LogP contribution in [0.15, 0.2) is 6.20 Å². The fourth-order valence-corrected chi connectivity index (χ4v) is 1.64. The van der Waals surface area contributed by atoms with Gasteiger partial charge >= 0.3 is 0 Å². The Labute approximate surface area is 96.7 Å². The summed E-state index contributed by atoms with van der Waals surface area (Å²) in [6, 6.07) is 0. The maximum absolute atomic E-state index is 12.8. The molecule has 0 aliphatic carbocycles. The molecule has 2 aromatic heterocycles. The van der Waals surface area contributed by atoms with Gasteiger partial charge in [-0.3, -0.25) is 0 Å². The molecule has 7 heteroatoms. The van der Waals surface area contributed by atoms with Gasteiger partial charge in [0.05, 0.1) is 6.20 Å². The number of nitrogen functional groups attached to an aromatic ring is 1. The van der Waals surface area contributed by atoms with E-state index in [2.05, 4.69) is 15.1 Å². The number of halogens is 2. The Hall–Kier alpha value is -1.79. The van der Waals surface area contributed by atoms with Crippen molar-refractivity contribution in [3.05, 3.63) is 17.7 Å². The molecule has 0 bridgehead atoms. The molecule has 0 aromatic carbocycles. The summed E-state index contributed by atoms with van der Waals surface area (Å²) in [5.41, 5.74) is 5.37. The van der Waals surface area contributed by atoms with E-state index in [-0.39, 0.29) is 17.2 Å². The lowest BCUT2D eigenvalue weighted by Crippen LogP contribution is -2.06. The van der Waals surface area contributed by atoms with E-state index >= 15 is 0 Å². The van der Waals surface area contributed by atoms with Crippen molar-refractivity contribution < 1.29 is 8.78 Å². The first-order valence-electron chi connectivity index (χ1n) is 5.27. The summed E-state index contributed by atoms with van der Waals surface area (Å²) < 4.78 is 26.9. The lowest BCUT2D eigenvalue weighted by atomic mass is 10.1. The standard InChI is InChI=1S/C10H13F2N5/c1-5(2)3-7-15-8(9(11)12)6-4-14-10(13)16-17(6)7/h4-5,9H,3H2,1-2H3,(H2,13,16). The van der Waals surface area contributed by atoms with Crippen LogP contribution in [0, 0.1) is 5.92 Å². The molecule has 0 atom stereocenters. The SMILES string of the molecule is CC(C)Cc1nc(C(F)F)c2cnc(N)nn12. The van der Waals surface area contributed by atoms with Crippen LogP contribution in [0.3, 0.4) is 0 Å². The van der Waals surface area contributed by atoms with Crippen LogP contribution in [0.25, 0.3) is 5.52 Å². The molecule has 0 radical (unpaired) electrons. The molecule has 2 rings (SSSR count). The van der Waals surface area contributed by atoms with Gasteiger partial charge in [-0.05, 0) is 5.92 Å². The second kappa shape index (κ2) is 4.23. The minimum absolute atomic E-state index is 0.0423. The topological polar surface area (TPSA) is 69.1 Å². The maximum Gasteiger partial charge on any atom is 0.282 e. The van der Waals surface area contributed by atoms with Crippen LogP contribution in [0.1, 0.15) is 31.8 Å². The van der Waals surface area contributed by atoms with Gasteiger partial charge in [0.15, 0.2) is 0 Å².